The van der Waals surface area contributed by atoms with Crippen LogP contribution in [-0.4, -0.2) is 28.4 Å². The van der Waals surface area contributed by atoms with Crippen LogP contribution in [0.4, 0.5) is 0 Å². The van der Waals surface area contributed by atoms with Gasteiger partial charge in [0.25, 0.3) is 0 Å². The summed E-state index contributed by atoms with van der Waals surface area (Å²) in [7, 11) is 6.66. The average molecular weight is 453 g/mol. The third-order valence-corrected chi connectivity index (χ3v) is 5.73. The van der Waals surface area contributed by atoms with Crippen molar-refractivity contribution < 1.29 is 18.9 Å². The van der Waals surface area contributed by atoms with Gasteiger partial charge in [-0.05, 0) is 35.4 Å². The molecular formula is C30H28O4. The van der Waals surface area contributed by atoms with Crippen molar-refractivity contribution in [2.45, 2.75) is 0 Å². The summed E-state index contributed by atoms with van der Waals surface area (Å²) in [6, 6.07) is 32.4. The molecule has 0 aromatic heterocycles. The highest BCUT2D eigenvalue weighted by Gasteiger charge is 2.22. The second kappa shape index (κ2) is 10.6. The molecular weight excluding hydrogens is 424 g/mol. The fourth-order valence-electron chi connectivity index (χ4n) is 4.09. The van der Waals surface area contributed by atoms with Crippen LogP contribution in [0.5, 0.6) is 23.0 Å². The summed E-state index contributed by atoms with van der Waals surface area (Å²) in [4.78, 5) is 0. The third kappa shape index (κ3) is 4.62. The highest BCUT2D eigenvalue weighted by Crippen LogP contribution is 2.44. The molecule has 4 nitrogen and oxygen atoms in total. The zero-order valence-electron chi connectivity index (χ0n) is 19.9. The van der Waals surface area contributed by atoms with Gasteiger partial charge in [0.05, 0.1) is 28.4 Å². The van der Waals surface area contributed by atoms with E-state index in [1.54, 1.807) is 28.4 Å². The molecule has 4 aromatic carbocycles. The fraction of sp³-hybridized carbons (Fsp3) is 0.133. The van der Waals surface area contributed by atoms with Gasteiger partial charge in [-0.3, -0.25) is 0 Å². The molecule has 0 N–H and O–H groups in total. The van der Waals surface area contributed by atoms with Crippen LogP contribution in [0.3, 0.4) is 0 Å². The predicted molar refractivity (Wildman–Crippen MR) is 137 cm³/mol. The lowest BCUT2D eigenvalue weighted by atomic mass is 9.85. The van der Waals surface area contributed by atoms with Crippen LogP contribution in [0, 0.1) is 0 Å². The molecule has 4 aromatic rings. The standard InChI is InChI=1S/C30H28O4/c1-31-23-15-17-25(27(19-23)33-3)29(21-11-7-5-8-12-21)30(22-13-9-6-10-14-22)26-18-16-24(32-2)20-28(26)34-4/h5-20H,1-4H3/b30-29-. The second-order valence-electron chi connectivity index (χ2n) is 7.61. The van der Waals surface area contributed by atoms with Gasteiger partial charge in [-0.25, -0.2) is 0 Å². The number of rotatable bonds is 8. The molecule has 34 heavy (non-hydrogen) atoms. The lowest BCUT2D eigenvalue weighted by Crippen LogP contribution is -2.02. The Morgan fingerprint density at radius 1 is 0.441 bits per heavy atom. The molecule has 0 spiro atoms. The molecule has 0 atom stereocenters. The Bertz CT molecular complexity index is 1180. The molecule has 172 valence electrons. The largest absolute Gasteiger partial charge is 0.497 e. The molecule has 0 heterocycles. The van der Waals surface area contributed by atoms with Gasteiger partial charge < -0.3 is 18.9 Å². The van der Waals surface area contributed by atoms with E-state index in [9.17, 15) is 0 Å². The number of methoxy groups -OCH3 is 4. The SMILES string of the molecule is COc1ccc(/C(=C(/c2ccccc2)c2ccc(OC)cc2OC)c2ccccc2)c(OC)c1. The van der Waals surface area contributed by atoms with Gasteiger partial charge in [-0.15, -0.1) is 0 Å². The first-order valence-electron chi connectivity index (χ1n) is 11.0. The van der Waals surface area contributed by atoms with Crippen LogP contribution in [0.2, 0.25) is 0 Å². The summed E-state index contributed by atoms with van der Waals surface area (Å²) in [5.41, 5.74) is 6.06. The molecule has 0 aliphatic carbocycles. The van der Waals surface area contributed by atoms with Crippen LogP contribution in [0.15, 0.2) is 97.1 Å². The zero-order valence-corrected chi connectivity index (χ0v) is 19.9. The molecule has 0 bridgehead atoms. The van der Waals surface area contributed by atoms with Gasteiger partial charge in [0.1, 0.15) is 23.0 Å². The quantitative estimate of drug-likeness (QED) is 0.278. The molecule has 0 radical (unpaired) electrons. The minimum Gasteiger partial charge on any atom is -0.497 e. The second-order valence-corrected chi connectivity index (χ2v) is 7.61. The van der Waals surface area contributed by atoms with Gasteiger partial charge in [0, 0.05) is 34.4 Å². The first-order valence-corrected chi connectivity index (χ1v) is 11.0. The van der Waals surface area contributed by atoms with Crippen molar-refractivity contribution in [2.75, 3.05) is 28.4 Å². The van der Waals surface area contributed by atoms with Gasteiger partial charge in [0.2, 0.25) is 0 Å². The number of hydrogen-bond donors (Lipinski definition) is 0. The molecule has 4 rings (SSSR count). The third-order valence-electron chi connectivity index (χ3n) is 5.73. The zero-order chi connectivity index (χ0) is 23.9. The van der Waals surface area contributed by atoms with Gasteiger partial charge in [0.15, 0.2) is 0 Å². The number of benzene rings is 4. The van der Waals surface area contributed by atoms with E-state index in [-0.39, 0.29) is 0 Å². The van der Waals surface area contributed by atoms with E-state index in [0.29, 0.717) is 0 Å². The first kappa shape index (κ1) is 23.0. The molecule has 0 aliphatic rings. The Hall–Kier alpha value is -4.18. The first-order chi connectivity index (χ1) is 16.7. The van der Waals surface area contributed by atoms with Crippen LogP contribution in [-0.2, 0) is 0 Å². The molecule has 0 saturated heterocycles. The van der Waals surface area contributed by atoms with Crippen LogP contribution >= 0.6 is 0 Å². The summed E-state index contributed by atoms with van der Waals surface area (Å²) in [5.74, 6) is 2.91. The maximum absolute atomic E-state index is 5.84. The van der Waals surface area contributed by atoms with Crippen molar-refractivity contribution in [3.63, 3.8) is 0 Å². The van der Waals surface area contributed by atoms with Crippen molar-refractivity contribution in [3.05, 3.63) is 119 Å². The lowest BCUT2D eigenvalue weighted by molar-refractivity contribution is 0.393. The van der Waals surface area contributed by atoms with E-state index in [2.05, 4.69) is 24.3 Å². The van der Waals surface area contributed by atoms with Crippen molar-refractivity contribution >= 4 is 11.1 Å². The van der Waals surface area contributed by atoms with Crippen LogP contribution < -0.4 is 18.9 Å². The highest BCUT2D eigenvalue weighted by atomic mass is 16.5. The minimum atomic E-state index is 0.721. The Balaban J connectivity index is 2.15. The van der Waals surface area contributed by atoms with Crippen molar-refractivity contribution in [2.24, 2.45) is 0 Å². The van der Waals surface area contributed by atoms with Crippen LogP contribution in [0.25, 0.3) is 11.1 Å². The molecule has 0 saturated carbocycles. The van der Waals surface area contributed by atoms with Gasteiger partial charge in [-0.1, -0.05) is 60.7 Å². The van der Waals surface area contributed by atoms with E-state index in [1.165, 1.54) is 0 Å². The van der Waals surface area contributed by atoms with E-state index in [1.807, 2.05) is 72.8 Å². The van der Waals surface area contributed by atoms with Crippen LogP contribution in [0.1, 0.15) is 22.3 Å². The maximum Gasteiger partial charge on any atom is 0.130 e. The minimum absolute atomic E-state index is 0.721. The van der Waals surface area contributed by atoms with E-state index >= 15 is 0 Å². The summed E-state index contributed by atoms with van der Waals surface area (Å²) >= 11 is 0. The molecule has 4 heteroatoms. The lowest BCUT2D eigenvalue weighted by Gasteiger charge is -2.21. The summed E-state index contributed by atoms with van der Waals surface area (Å²) in [6.45, 7) is 0. The Morgan fingerprint density at radius 3 is 1.15 bits per heavy atom. The van der Waals surface area contributed by atoms with E-state index in [4.69, 9.17) is 18.9 Å². The van der Waals surface area contributed by atoms with E-state index in [0.717, 1.165) is 56.4 Å². The monoisotopic (exact) mass is 452 g/mol. The van der Waals surface area contributed by atoms with E-state index < -0.39 is 0 Å². The van der Waals surface area contributed by atoms with Crippen molar-refractivity contribution in [1.29, 1.82) is 0 Å². The molecule has 0 amide bonds. The molecule has 0 aliphatic heterocycles. The van der Waals surface area contributed by atoms with Crippen molar-refractivity contribution in [3.8, 4) is 23.0 Å². The van der Waals surface area contributed by atoms with Crippen molar-refractivity contribution in [1.82, 2.24) is 0 Å². The smallest absolute Gasteiger partial charge is 0.130 e. The predicted octanol–water partition coefficient (Wildman–Crippen LogP) is 6.73. The summed E-state index contributed by atoms with van der Waals surface area (Å²) < 4.78 is 22.6. The molecule has 0 unspecified atom stereocenters. The number of hydrogen-bond acceptors (Lipinski definition) is 4. The highest BCUT2D eigenvalue weighted by molar-refractivity contribution is 6.06. The summed E-state index contributed by atoms with van der Waals surface area (Å²) in [5, 5.41) is 0. The Morgan fingerprint density at radius 2 is 0.824 bits per heavy atom. The topological polar surface area (TPSA) is 36.9 Å². The maximum atomic E-state index is 5.84. The van der Waals surface area contributed by atoms with Gasteiger partial charge in [-0.2, -0.15) is 0 Å². The molecule has 0 fully saturated rings. The Kier molecular flexibility index (Phi) is 7.19. The fourth-order valence-corrected chi connectivity index (χ4v) is 4.09. The average Bonchev–Trinajstić information content (AvgIpc) is 2.92. The number of ether oxygens (including phenoxy) is 4. The Labute approximate surface area is 201 Å². The summed E-state index contributed by atoms with van der Waals surface area (Å²) in [6.07, 6.45) is 0. The normalized spacial score (nSPS) is 11.4. The van der Waals surface area contributed by atoms with Gasteiger partial charge >= 0.3 is 0 Å².